The first-order valence-corrected chi connectivity index (χ1v) is 43.0. The molecular formula is C108H60N12O18. The van der Waals surface area contributed by atoms with Gasteiger partial charge >= 0.3 is 0 Å². The van der Waals surface area contributed by atoms with Crippen LogP contribution in [0.15, 0.2) is 279 Å². The van der Waals surface area contributed by atoms with E-state index in [1.165, 1.54) is 148 Å². The molecule has 2 N–H and O–H groups in total. The van der Waals surface area contributed by atoms with E-state index in [0.29, 0.717) is 45.3 Å². The molecule has 8 aliphatic heterocycles. The normalized spacial score (nSPS) is 15.0. The molecule has 0 atom stereocenters. The number of imidazole rings is 2. The average molecular weight is 1810 g/mol. The molecule has 660 valence electrons. The van der Waals surface area contributed by atoms with Crippen LogP contribution in [0.1, 0.15) is 209 Å². The Balaban J connectivity index is 0.000000155. The van der Waals surface area contributed by atoms with Crippen molar-refractivity contribution in [3.05, 3.63) is 401 Å². The number of anilines is 6. The van der Waals surface area contributed by atoms with Crippen molar-refractivity contribution in [3.8, 4) is 45.0 Å². The lowest BCUT2D eigenvalue weighted by molar-refractivity contribution is 0.0677. The zero-order chi connectivity index (χ0) is 95.5. The number of aromatic nitrogens is 4. The van der Waals surface area contributed by atoms with Gasteiger partial charge in [0.05, 0.1) is 145 Å². The van der Waals surface area contributed by atoms with Gasteiger partial charge in [0.25, 0.3) is 94.5 Å². The topological polar surface area (TPSA) is 391 Å². The molecule has 8 aliphatic rings. The summed E-state index contributed by atoms with van der Waals surface area (Å²) in [4.78, 5) is 266. The first-order valence-electron chi connectivity index (χ1n) is 43.0. The standard InChI is InChI=1S/2C54H30N6O9/c1-26-3-20-43-44(21-26)56-46(55-43)27-4-10-32(11-5-27)58-49(64)36-16-6-28(22-40(36)52(58)67)29-7-17-37-41(23-29)53(68)59(50(37)65)33-12-14-34(15-13-33)60-51(66)38-19-9-31(25-42(38)54(60)69)45(61)30-8-18-35-39(24-30)48(63)57(2)47(35)62;1-26-3-20-43-44(21-26)56-46(55-43)27-4-10-32(11-5-27)58-50(65)37-18-8-30(24-41(37)53(58)68)45(61)31-9-19-38-42(25-31)54(69)60(51(38)66)34-14-12-33(13-15-34)59-49(64)36-17-7-29(23-40(36)52(59)67)28-6-16-35-39(22-28)48(63)57(2)47(35)62/h2*3-25H,1-2H3,(H,55,56). The fourth-order valence-electron chi connectivity index (χ4n) is 18.7. The van der Waals surface area contributed by atoms with Crippen molar-refractivity contribution in [2.75, 3.05) is 43.5 Å². The van der Waals surface area contributed by atoms with Crippen LogP contribution in [-0.2, 0) is 0 Å². The Morgan fingerprint density at radius 2 is 0.420 bits per heavy atom. The second-order valence-electron chi connectivity index (χ2n) is 34.1. The number of aryl methyl sites for hydroxylation is 2. The molecule has 10 heterocycles. The number of carbonyl (C=O) groups excluding carboxylic acids is 18. The van der Waals surface area contributed by atoms with Gasteiger partial charge in [0.1, 0.15) is 11.6 Å². The highest BCUT2D eigenvalue weighted by Crippen LogP contribution is 2.43. The molecule has 0 saturated carbocycles. The molecule has 0 unspecified atom stereocenters. The summed E-state index contributed by atoms with van der Waals surface area (Å²) in [7, 11) is 2.75. The lowest BCUT2D eigenvalue weighted by Crippen LogP contribution is -2.30. The van der Waals surface area contributed by atoms with E-state index in [4.69, 9.17) is 0 Å². The summed E-state index contributed by atoms with van der Waals surface area (Å²) >= 11 is 0. The minimum Gasteiger partial charge on any atom is -0.338 e. The summed E-state index contributed by atoms with van der Waals surface area (Å²) in [6.45, 7) is 3.98. The third-order valence-electron chi connectivity index (χ3n) is 26.0. The SMILES string of the molecule is Cc1ccc2[nH]c(-c3ccc(N4C(=O)c5ccc(C(=O)c6ccc7c(c6)C(=O)N(c6ccc(N8C(=O)c9ccc(-c%10ccc%11c(c%10)C(=O)N(C)C%11=O)cc9C8=O)cc6)C7=O)cc5C4=O)cc3)nc2c1.Cc1ccc2nc(-c3ccc(N4C(=O)c5ccc(-c6ccc7c(c6)C(=O)N(c6ccc(N8C(=O)c9ccc(C(=O)c%10ccc%11c(c%10)C(=O)N(C)C%11=O)cc9C8=O)cc6)C7=O)cc5C4=O)cc3)[nH]c2c1. The van der Waals surface area contributed by atoms with Crippen molar-refractivity contribution in [1.82, 2.24) is 29.7 Å². The van der Waals surface area contributed by atoms with Crippen LogP contribution in [0.25, 0.3) is 67.1 Å². The molecule has 16 aromatic rings. The van der Waals surface area contributed by atoms with Gasteiger partial charge in [-0.05, 0) is 266 Å². The van der Waals surface area contributed by atoms with E-state index in [2.05, 4.69) is 19.9 Å². The van der Waals surface area contributed by atoms with Crippen molar-refractivity contribution < 1.29 is 86.3 Å². The number of nitrogens with one attached hydrogen (secondary N) is 2. The van der Waals surface area contributed by atoms with Crippen molar-refractivity contribution in [3.63, 3.8) is 0 Å². The van der Waals surface area contributed by atoms with E-state index < -0.39 is 106 Å². The van der Waals surface area contributed by atoms with E-state index in [0.717, 1.165) is 83.5 Å². The highest BCUT2D eigenvalue weighted by molar-refractivity contribution is 6.40. The number of H-pyrrole nitrogens is 2. The summed E-state index contributed by atoms with van der Waals surface area (Å²) in [6.07, 6.45) is 0. The molecule has 0 fully saturated rings. The minimum atomic E-state index is -0.707. The number of carbonyl (C=O) groups is 18. The highest BCUT2D eigenvalue weighted by atomic mass is 16.2. The van der Waals surface area contributed by atoms with E-state index in [-0.39, 0.29) is 134 Å². The molecule has 24 rings (SSSR count). The molecule has 0 spiro atoms. The second kappa shape index (κ2) is 30.5. The molecule has 16 amide bonds. The summed E-state index contributed by atoms with van der Waals surface area (Å²) in [5.74, 6) is -8.87. The van der Waals surface area contributed by atoms with E-state index in [1.54, 1.807) is 109 Å². The van der Waals surface area contributed by atoms with E-state index in [9.17, 15) is 86.3 Å². The van der Waals surface area contributed by atoms with Gasteiger partial charge in [0, 0.05) is 47.5 Å². The van der Waals surface area contributed by atoms with Gasteiger partial charge in [-0.2, -0.15) is 0 Å². The molecule has 30 nitrogen and oxygen atoms in total. The van der Waals surface area contributed by atoms with Gasteiger partial charge in [0.2, 0.25) is 0 Å². The number of fused-ring (bicyclic) bond motifs is 10. The first kappa shape index (κ1) is 82.9. The number of nitrogens with zero attached hydrogens (tertiary/aromatic N) is 10. The summed E-state index contributed by atoms with van der Waals surface area (Å²) in [5.41, 5.74) is 13.1. The quantitative estimate of drug-likeness (QED) is 0.0754. The molecule has 138 heavy (non-hydrogen) atoms. The van der Waals surface area contributed by atoms with Crippen molar-refractivity contribution >= 4 is 162 Å². The zero-order valence-corrected chi connectivity index (χ0v) is 72.4. The van der Waals surface area contributed by atoms with Crippen LogP contribution in [0.4, 0.5) is 34.1 Å². The summed E-state index contributed by atoms with van der Waals surface area (Å²) < 4.78 is 0. The Morgan fingerprint density at radius 3 is 0.732 bits per heavy atom. The molecule has 0 aliphatic carbocycles. The molecule has 30 heteroatoms. The molecule has 14 aromatic carbocycles. The van der Waals surface area contributed by atoms with Crippen molar-refractivity contribution in [1.29, 1.82) is 0 Å². The summed E-state index contributed by atoms with van der Waals surface area (Å²) in [5, 5.41) is 0. The maximum absolute atomic E-state index is 13.9. The van der Waals surface area contributed by atoms with Crippen LogP contribution in [-0.4, -0.2) is 150 Å². The Kier molecular flexibility index (Phi) is 18.3. The first-order chi connectivity index (χ1) is 66.5. The predicted molar refractivity (Wildman–Crippen MR) is 501 cm³/mol. The van der Waals surface area contributed by atoms with Crippen LogP contribution in [0.2, 0.25) is 0 Å². The molecule has 0 bridgehead atoms. The van der Waals surface area contributed by atoms with Crippen molar-refractivity contribution in [2.45, 2.75) is 13.8 Å². The highest BCUT2D eigenvalue weighted by Gasteiger charge is 2.46. The maximum atomic E-state index is 13.9. The monoisotopic (exact) mass is 1810 g/mol. The zero-order valence-electron chi connectivity index (χ0n) is 72.4. The van der Waals surface area contributed by atoms with Crippen LogP contribution in [0.3, 0.4) is 0 Å². The average Bonchev–Trinajstić information content (AvgIpc) is 1.60. The molecule has 2 aromatic heterocycles. The Bertz CT molecular complexity index is 8580. The largest absolute Gasteiger partial charge is 0.338 e. The van der Waals surface area contributed by atoms with Crippen LogP contribution >= 0.6 is 0 Å². The fourth-order valence-corrected chi connectivity index (χ4v) is 18.7. The Hall–Kier alpha value is -19.5. The number of amides is 16. The van der Waals surface area contributed by atoms with E-state index in [1.807, 2.05) is 50.2 Å². The van der Waals surface area contributed by atoms with Crippen LogP contribution in [0.5, 0.6) is 0 Å². The third-order valence-corrected chi connectivity index (χ3v) is 26.0. The van der Waals surface area contributed by atoms with Gasteiger partial charge in [-0.3, -0.25) is 96.1 Å². The second-order valence-corrected chi connectivity index (χ2v) is 34.1. The van der Waals surface area contributed by atoms with Gasteiger partial charge < -0.3 is 9.97 Å². The maximum Gasteiger partial charge on any atom is 0.266 e. The number of hydrogen-bond acceptors (Lipinski definition) is 20. The molecule has 0 radical (unpaired) electrons. The lowest BCUT2D eigenvalue weighted by Gasteiger charge is -2.17. The van der Waals surface area contributed by atoms with Gasteiger partial charge in [0.15, 0.2) is 11.6 Å². The Morgan fingerprint density at radius 1 is 0.203 bits per heavy atom. The summed E-state index contributed by atoms with van der Waals surface area (Å²) in [6, 6.07) is 72.8. The van der Waals surface area contributed by atoms with Gasteiger partial charge in [-0.1, -0.05) is 60.7 Å². The Labute approximate surface area is 777 Å². The van der Waals surface area contributed by atoms with Gasteiger partial charge in [-0.25, -0.2) is 39.4 Å². The number of ketones is 2. The lowest BCUT2D eigenvalue weighted by atomic mass is 9.96. The minimum absolute atomic E-state index is 0.0182. The molecular weight excluding hydrogens is 1750 g/mol. The van der Waals surface area contributed by atoms with Crippen molar-refractivity contribution in [2.24, 2.45) is 0 Å². The fraction of sp³-hybridized carbons (Fsp3) is 0.0370. The number of rotatable bonds is 14. The van der Waals surface area contributed by atoms with Gasteiger partial charge in [-0.15, -0.1) is 0 Å². The predicted octanol–water partition coefficient (Wildman–Crippen LogP) is 16.1. The number of imide groups is 8. The molecule has 0 saturated heterocycles. The smallest absolute Gasteiger partial charge is 0.266 e. The van der Waals surface area contributed by atoms with E-state index >= 15 is 0 Å². The number of aromatic amines is 2. The van der Waals surface area contributed by atoms with Crippen LogP contribution < -0.4 is 29.4 Å². The van der Waals surface area contributed by atoms with Crippen LogP contribution in [0, 0.1) is 13.8 Å². The number of hydrogen-bond donors (Lipinski definition) is 2. The number of benzene rings is 14. The third kappa shape index (κ3) is 12.6.